The van der Waals surface area contributed by atoms with E-state index in [0.29, 0.717) is 12.3 Å². The van der Waals surface area contributed by atoms with Crippen LogP contribution >= 0.6 is 0 Å². The number of hydrogen-bond acceptors (Lipinski definition) is 2. The second kappa shape index (κ2) is 5.97. The Hall–Kier alpha value is -0.570. The lowest BCUT2D eigenvalue weighted by atomic mass is 10.0. The lowest BCUT2D eigenvalue weighted by Crippen LogP contribution is -2.39. The van der Waals surface area contributed by atoms with Crippen molar-refractivity contribution in [1.29, 1.82) is 0 Å². The lowest BCUT2D eigenvalue weighted by Gasteiger charge is -2.20. The molecular formula is C10H22N2O. The number of rotatable bonds is 5. The Balaban J connectivity index is 3.87. The molecule has 0 fully saturated rings. The summed E-state index contributed by atoms with van der Waals surface area (Å²) in [4.78, 5) is 11.4. The van der Waals surface area contributed by atoms with Crippen molar-refractivity contribution in [3.63, 3.8) is 0 Å². The molecule has 0 rings (SSSR count). The molecule has 13 heavy (non-hydrogen) atoms. The molecule has 0 aliphatic heterocycles. The fourth-order valence-corrected chi connectivity index (χ4v) is 1.25. The van der Waals surface area contributed by atoms with Gasteiger partial charge in [0.15, 0.2) is 0 Å². The minimum absolute atomic E-state index is 0.128. The molecular weight excluding hydrogens is 164 g/mol. The predicted octanol–water partition coefficient (Wildman–Crippen LogP) is 1.15. The maximum absolute atomic E-state index is 11.4. The molecule has 1 amide bonds. The minimum Gasteiger partial charge on any atom is -0.354 e. The maximum Gasteiger partial charge on any atom is 0.221 e. The van der Waals surface area contributed by atoms with Crippen LogP contribution in [-0.4, -0.2) is 25.0 Å². The van der Waals surface area contributed by atoms with Crippen molar-refractivity contribution in [3.8, 4) is 0 Å². The molecule has 0 bridgehead atoms. The Morgan fingerprint density at radius 3 is 2.08 bits per heavy atom. The maximum atomic E-state index is 11.4. The van der Waals surface area contributed by atoms with Gasteiger partial charge in [-0.25, -0.2) is 0 Å². The van der Waals surface area contributed by atoms with Crippen LogP contribution in [0.5, 0.6) is 0 Å². The highest BCUT2D eigenvalue weighted by Gasteiger charge is 2.15. The summed E-state index contributed by atoms with van der Waals surface area (Å²) < 4.78 is 0. The molecule has 0 heterocycles. The third-order valence-electron chi connectivity index (χ3n) is 2.03. The normalized spacial score (nSPS) is 13.5. The highest BCUT2D eigenvalue weighted by atomic mass is 16.1. The largest absolute Gasteiger partial charge is 0.354 e. The second-order valence-electron chi connectivity index (χ2n) is 4.07. The molecule has 0 aromatic carbocycles. The lowest BCUT2D eigenvalue weighted by molar-refractivity contribution is -0.122. The summed E-state index contributed by atoms with van der Waals surface area (Å²) in [5.74, 6) is 0.617. The number of carbonyl (C=O) groups excluding carboxylic acids is 1. The third-order valence-corrected chi connectivity index (χ3v) is 2.03. The first-order chi connectivity index (χ1) is 5.97. The summed E-state index contributed by atoms with van der Waals surface area (Å²) in [6.07, 6.45) is 0.562. The molecule has 0 saturated carbocycles. The van der Waals surface area contributed by atoms with E-state index in [1.54, 1.807) is 0 Å². The van der Waals surface area contributed by atoms with Crippen molar-refractivity contribution >= 4 is 5.91 Å². The van der Waals surface area contributed by atoms with Crippen LogP contribution < -0.4 is 10.6 Å². The monoisotopic (exact) mass is 186 g/mol. The SMILES string of the molecule is CNC(CC(=O)NC(C)C)C(C)C. The van der Waals surface area contributed by atoms with E-state index in [1.165, 1.54) is 0 Å². The van der Waals surface area contributed by atoms with E-state index in [0.717, 1.165) is 0 Å². The van der Waals surface area contributed by atoms with Gasteiger partial charge in [-0.2, -0.15) is 0 Å². The van der Waals surface area contributed by atoms with Gasteiger partial charge in [-0.05, 0) is 26.8 Å². The number of carbonyl (C=O) groups is 1. The molecule has 0 aliphatic rings. The molecule has 2 N–H and O–H groups in total. The molecule has 1 unspecified atom stereocenters. The first kappa shape index (κ1) is 12.4. The van der Waals surface area contributed by atoms with E-state index in [2.05, 4.69) is 24.5 Å². The zero-order valence-electron chi connectivity index (χ0n) is 9.35. The zero-order chi connectivity index (χ0) is 10.4. The molecule has 1 atom stereocenters. The summed E-state index contributed by atoms with van der Waals surface area (Å²) in [5.41, 5.74) is 0. The first-order valence-electron chi connectivity index (χ1n) is 4.94. The molecule has 0 saturated heterocycles. The Morgan fingerprint density at radius 1 is 1.23 bits per heavy atom. The van der Waals surface area contributed by atoms with E-state index in [1.807, 2.05) is 20.9 Å². The fraction of sp³-hybridized carbons (Fsp3) is 0.900. The molecule has 0 aromatic heterocycles. The quantitative estimate of drug-likeness (QED) is 0.676. The highest BCUT2D eigenvalue weighted by molar-refractivity contribution is 5.76. The topological polar surface area (TPSA) is 41.1 Å². The van der Waals surface area contributed by atoms with Gasteiger partial charge in [0.25, 0.3) is 0 Å². The zero-order valence-corrected chi connectivity index (χ0v) is 9.35. The molecule has 0 radical (unpaired) electrons. The molecule has 78 valence electrons. The van der Waals surface area contributed by atoms with Crippen molar-refractivity contribution < 1.29 is 4.79 Å². The van der Waals surface area contributed by atoms with Crippen LogP contribution in [0.15, 0.2) is 0 Å². The van der Waals surface area contributed by atoms with Crippen molar-refractivity contribution in [3.05, 3.63) is 0 Å². The van der Waals surface area contributed by atoms with E-state index in [9.17, 15) is 4.79 Å². The standard InChI is InChI=1S/C10H22N2O/c1-7(2)9(11-5)6-10(13)12-8(3)4/h7-9,11H,6H2,1-5H3,(H,12,13). The van der Waals surface area contributed by atoms with Gasteiger partial charge in [0.05, 0.1) is 0 Å². The average molecular weight is 186 g/mol. The van der Waals surface area contributed by atoms with Crippen molar-refractivity contribution in [1.82, 2.24) is 10.6 Å². The molecule has 0 aliphatic carbocycles. The van der Waals surface area contributed by atoms with Crippen LogP contribution in [0.3, 0.4) is 0 Å². The number of nitrogens with one attached hydrogen (secondary N) is 2. The van der Waals surface area contributed by atoms with Crippen molar-refractivity contribution in [2.24, 2.45) is 5.92 Å². The molecule has 0 spiro atoms. The minimum atomic E-state index is 0.128. The third kappa shape index (κ3) is 5.64. The second-order valence-corrected chi connectivity index (χ2v) is 4.07. The van der Waals surface area contributed by atoms with Crippen LogP contribution in [0.25, 0.3) is 0 Å². The molecule has 3 nitrogen and oxygen atoms in total. The van der Waals surface area contributed by atoms with Gasteiger partial charge in [-0.3, -0.25) is 4.79 Å². The highest BCUT2D eigenvalue weighted by Crippen LogP contribution is 2.05. The van der Waals surface area contributed by atoms with Crippen LogP contribution in [-0.2, 0) is 4.79 Å². The number of hydrogen-bond donors (Lipinski definition) is 2. The summed E-state index contributed by atoms with van der Waals surface area (Å²) in [5, 5.41) is 6.03. The van der Waals surface area contributed by atoms with E-state index < -0.39 is 0 Å². The Morgan fingerprint density at radius 2 is 1.77 bits per heavy atom. The van der Waals surface area contributed by atoms with Crippen LogP contribution in [0.4, 0.5) is 0 Å². The smallest absolute Gasteiger partial charge is 0.221 e. The van der Waals surface area contributed by atoms with Crippen molar-refractivity contribution in [2.45, 2.75) is 46.2 Å². The predicted molar refractivity (Wildman–Crippen MR) is 55.6 cm³/mol. The van der Waals surface area contributed by atoms with Crippen LogP contribution in [0, 0.1) is 5.92 Å². The molecule has 3 heteroatoms. The fourth-order valence-electron chi connectivity index (χ4n) is 1.25. The van der Waals surface area contributed by atoms with Gasteiger partial charge in [0, 0.05) is 18.5 Å². The van der Waals surface area contributed by atoms with Crippen LogP contribution in [0.2, 0.25) is 0 Å². The summed E-state index contributed by atoms with van der Waals surface area (Å²) >= 11 is 0. The summed E-state index contributed by atoms with van der Waals surface area (Å²) in [7, 11) is 1.90. The van der Waals surface area contributed by atoms with Gasteiger partial charge in [0.2, 0.25) is 5.91 Å². The summed E-state index contributed by atoms with van der Waals surface area (Å²) in [6.45, 7) is 8.18. The summed E-state index contributed by atoms with van der Waals surface area (Å²) in [6, 6.07) is 0.510. The van der Waals surface area contributed by atoms with Gasteiger partial charge in [0.1, 0.15) is 0 Å². The van der Waals surface area contributed by atoms with E-state index in [4.69, 9.17) is 0 Å². The van der Waals surface area contributed by atoms with Crippen LogP contribution in [0.1, 0.15) is 34.1 Å². The number of amides is 1. The Bertz CT molecular complexity index is 155. The Kier molecular flexibility index (Phi) is 5.71. The first-order valence-corrected chi connectivity index (χ1v) is 4.94. The van der Waals surface area contributed by atoms with E-state index in [-0.39, 0.29) is 18.0 Å². The van der Waals surface area contributed by atoms with Gasteiger partial charge in [-0.15, -0.1) is 0 Å². The van der Waals surface area contributed by atoms with Gasteiger partial charge in [-0.1, -0.05) is 13.8 Å². The molecule has 0 aromatic rings. The van der Waals surface area contributed by atoms with Crippen molar-refractivity contribution in [2.75, 3.05) is 7.05 Å². The van der Waals surface area contributed by atoms with Gasteiger partial charge < -0.3 is 10.6 Å². The van der Waals surface area contributed by atoms with E-state index >= 15 is 0 Å². The average Bonchev–Trinajstić information content (AvgIpc) is 1.98. The Labute approximate surface area is 81.3 Å². The van der Waals surface area contributed by atoms with Gasteiger partial charge >= 0.3 is 0 Å².